The van der Waals surface area contributed by atoms with Crippen molar-refractivity contribution in [2.45, 2.75) is 26.8 Å². The molecule has 3 nitrogen and oxygen atoms in total. The Morgan fingerprint density at radius 2 is 2.00 bits per heavy atom. The van der Waals surface area contributed by atoms with Crippen molar-refractivity contribution in [1.29, 1.82) is 0 Å². The van der Waals surface area contributed by atoms with Crippen LogP contribution in [0.4, 0.5) is 4.79 Å². The third-order valence-electron chi connectivity index (χ3n) is 2.40. The first kappa shape index (κ1) is 13.8. The lowest BCUT2D eigenvalue weighted by Gasteiger charge is -2.09. The standard InChI is InChI=1S/C13H19ClN2O/c1-10(2)7-8-15-13(17)16-9-11-5-3-4-6-12(11)14/h3-6,10H,7-9H2,1-2H3,(H2,15,16,17). The Morgan fingerprint density at radius 3 is 2.65 bits per heavy atom. The number of amides is 2. The molecule has 2 N–H and O–H groups in total. The van der Waals surface area contributed by atoms with E-state index in [1.807, 2.05) is 24.3 Å². The van der Waals surface area contributed by atoms with Crippen LogP contribution in [0.2, 0.25) is 5.02 Å². The van der Waals surface area contributed by atoms with E-state index in [-0.39, 0.29) is 6.03 Å². The summed E-state index contributed by atoms with van der Waals surface area (Å²) in [6, 6.07) is 7.34. The maximum absolute atomic E-state index is 11.4. The van der Waals surface area contributed by atoms with Crippen molar-refractivity contribution in [1.82, 2.24) is 10.6 Å². The lowest BCUT2D eigenvalue weighted by molar-refractivity contribution is 0.240. The number of halogens is 1. The molecule has 0 aliphatic rings. The first-order valence-electron chi connectivity index (χ1n) is 5.84. The normalized spacial score (nSPS) is 10.4. The number of carbonyl (C=O) groups is 1. The lowest BCUT2D eigenvalue weighted by Crippen LogP contribution is -2.35. The van der Waals surface area contributed by atoms with Crippen molar-refractivity contribution in [3.8, 4) is 0 Å². The predicted octanol–water partition coefficient (Wildman–Crippen LogP) is 3.19. The molecule has 0 heterocycles. The zero-order chi connectivity index (χ0) is 12.7. The fourth-order valence-electron chi connectivity index (χ4n) is 1.35. The number of benzene rings is 1. The summed E-state index contributed by atoms with van der Waals surface area (Å²) in [5.41, 5.74) is 0.924. The van der Waals surface area contributed by atoms with E-state index in [1.54, 1.807) is 0 Å². The van der Waals surface area contributed by atoms with E-state index < -0.39 is 0 Å². The molecule has 0 aliphatic heterocycles. The van der Waals surface area contributed by atoms with Gasteiger partial charge in [0.25, 0.3) is 0 Å². The van der Waals surface area contributed by atoms with Gasteiger partial charge in [-0.15, -0.1) is 0 Å². The largest absolute Gasteiger partial charge is 0.338 e. The smallest absolute Gasteiger partial charge is 0.315 e. The van der Waals surface area contributed by atoms with Crippen molar-refractivity contribution in [2.75, 3.05) is 6.54 Å². The predicted molar refractivity (Wildman–Crippen MR) is 71.1 cm³/mol. The summed E-state index contributed by atoms with van der Waals surface area (Å²) in [4.78, 5) is 11.4. The maximum Gasteiger partial charge on any atom is 0.315 e. The Balaban J connectivity index is 2.26. The number of hydrogen-bond donors (Lipinski definition) is 2. The van der Waals surface area contributed by atoms with Crippen LogP contribution in [0.15, 0.2) is 24.3 Å². The molecule has 0 bridgehead atoms. The van der Waals surface area contributed by atoms with Gasteiger partial charge in [0.1, 0.15) is 0 Å². The van der Waals surface area contributed by atoms with Crippen molar-refractivity contribution >= 4 is 17.6 Å². The van der Waals surface area contributed by atoms with E-state index >= 15 is 0 Å². The van der Waals surface area contributed by atoms with Gasteiger partial charge in [0.2, 0.25) is 0 Å². The highest BCUT2D eigenvalue weighted by Crippen LogP contribution is 2.14. The number of carbonyl (C=O) groups excluding carboxylic acids is 1. The Kier molecular flexibility index (Phi) is 5.84. The molecule has 0 aromatic heterocycles. The van der Waals surface area contributed by atoms with Crippen molar-refractivity contribution in [3.63, 3.8) is 0 Å². The second kappa shape index (κ2) is 7.17. The highest BCUT2D eigenvalue weighted by atomic mass is 35.5. The average molecular weight is 255 g/mol. The van der Waals surface area contributed by atoms with E-state index in [0.717, 1.165) is 12.0 Å². The maximum atomic E-state index is 11.4. The molecule has 0 spiro atoms. The second-order valence-electron chi connectivity index (χ2n) is 4.38. The Labute approximate surface area is 108 Å². The topological polar surface area (TPSA) is 41.1 Å². The third-order valence-corrected chi connectivity index (χ3v) is 2.77. The first-order valence-corrected chi connectivity index (χ1v) is 6.22. The molecule has 2 amide bonds. The first-order chi connectivity index (χ1) is 8.09. The number of hydrogen-bond acceptors (Lipinski definition) is 1. The zero-order valence-corrected chi connectivity index (χ0v) is 11.1. The van der Waals surface area contributed by atoms with Crippen molar-refractivity contribution in [2.24, 2.45) is 5.92 Å². The van der Waals surface area contributed by atoms with Gasteiger partial charge in [-0.05, 0) is 24.0 Å². The molecule has 0 aliphatic carbocycles. The average Bonchev–Trinajstić information content (AvgIpc) is 2.27. The van der Waals surface area contributed by atoms with Gasteiger partial charge in [-0.3, -0.25) is 0 Å². The Hall–Kier alpha value is -1.22. The monoisotopic (exact) mass is 254 g/mol. The lowest BCUT2D eigenvalue weighted by atomic mass is 10.1. The van der Waals surface area contributed by atoms with Gasteiger partial charge in [0, 0.05) is 18.1 Å². The van der Waals surface area contributed by atoms with E-state index in [1.165, 1.54) is 0 Å². The molecule has 1 aromatic rings. The Morgan fingerprint density at radius 1 is 1.29 bits per heavy atom. The SMILES string of the molecule is CC(C)CCNC(=O)NCc1ccccc1Cl. The molecule has 0 unspecified atom stereocenters. The van der Waals surface area contributed by atoms with Crippen molar-refractivity contribution < 1.29 is 4.79 Å². The number of rotatable bonds is 5. The van der Waals surface area contributed by atoms with Crippen LogP contribution in [0, 0.1) is 5.92 Å². The van der Waals surface area contributed by atoms with E-state index in [2.05, 4.69) is 24.5 Å². The van der Waals surface area contributed by atoms with Gasteiger partial charge >= 0.3 is 6.03 Å². The number of nitrogens with one attached hydrogen (secondary N) is 2. The fraction of sp³-hybridized carbons (Fsp3) is 0.462. The van der Waals surface area contributed by atoms with Crippen LogP contribution in [0.5, 0.6) is 0 Å². The fourth-order valence-corrected chi connectivity index (χ4v) is 1.56. The molecule has 94 valence electrons. The molecule has 0 fully saturated rings. The number of urea groups is 1. The Bertz CT molecular complexity index is 366. The summed E-state index contributed by atoms with van der Waals surface area (Å²) in [6.07, 6.45) is 0.986. The van der Waals surface area contributed by atoms with Gasteiger partial charge in [-0.2, -0.15) is 0 Å². The zero-order valence-electron chi connectivity index (χ0n) is 10.3. The molecule has 0 atom stereocenters. The highest BCUT2D eigenvalue weighted by Gasteiger charge is 2.02. The molecular formula is C13H19ClN2O. The summed E-state index contributed by atoms with van der Waals surface area (Å²) in [5.74, 6) is 0.596. The van der Waals surface area contributed by atoms with Crippen LogP contribution in [0.1, 0.15) is 25.8 Å². The van der Waals surface area contributed by atoms with E-state index in [9.17, 15) is 4.79 Å². The molecule has 1 aromatic carbocycles. The highest BCUT2D eigenvalue weighted by molar-refractivity contribution is 6.31. The molecule has 0 saturated carbocycles. The van der Waals surface area contributed by atoms with E-state index in [0.29, 0.717) is 24.0 Å². The molecule has 4 heteroatoms. The van der Waals surface area contributed by atoms with Crippen LogP contribution >= 0.6 is 11.6 Å². The minimum absolute atomic E-state index is 0.148. The summed E-state index contributed by atoms with van der Waals surface area (Å²) in [7, 11) is 0. The van der Waals surface area contributed by atoms with Gasteiger partial charge in [-0.25, -0.2) is 4.79 Å². The summed E-state index contributed by atoms with van der Waals surface area (Å²) in [5, 5.41) is 6.27. The van der Waals surface area contributed by atoms with Crippen LogP contribution in [-0.4, -0.2) is 12.6 Å². The van der Waals surface area contributed by atoms with Crippen LogP contribution in [-0.2, 0) is 6.54 Å². The quantitative estimate of drug-likeness (QED) is 0.833. The molecule has 0 saturated heterocycles. The minimum atomic E-state index is -0.148. The van der Waals surface area contributed by atoms with Gasteiger partial charge < -0.3 is 10.6 Å². The van der Waals surface area contributed by atoms with Gasteiger partial charge in [0.05, 0.1) is 0 Å². The minimum Gasteiger partial charge on any atom is -0.338 e. The summed E-state index contributed by atoms with van der Waals surface area (Å²) < 4.78 is 0. The molecule has 0 radical (unpaired) electrons. The van der Waals surface area contributed by atoms with Crippen LogP contribution in [0.25, 0.3) is 0 Å². The van der Waals surface area contributed by atoms with Crippen LogP contribution in [0.3, 0.4) is 0 Å². The van der Waals surface area contributed by atoms with Crippen LogP contribution < -0.4 is 10.6 Å². The third kappa shape index (κ3) is 5.59. The molecule has 17 heavy (non-hydrogen) atoms. The summed E-state index contributed by atoms with van der Waals surface area (Å²) in [6.45, 7) is 5.41. The van der Waals surface area contributed by atoms with E-state index in [4.69, 9.17) is 11.6 Å². The molecule has 1 rings (SSSR count). The van der Waals surface area contributed by atoms with Gasteiger partial charge in [-0.1, -0.05) is 43.6 Å². The van der Waals surface area contributed by atoms with Crippen molar-refractivity contribution in [3.05, 3.63) is 34.9 Å². The summed E-state index contributed by atoms with van der Waals surface area (Å²) >= 11 is 5.98. The molecular weight excluding hydrogens is 236 g/mol. The van der Waals surface area contributed by atoms with Gasteiger partial charge in [0.15, 0.2) is 0 Å². The second-order valence-corrected chi connectivity index (χ2v) is 4.79.